The summed E-state index contributed by atoms with van der Waals surface area (Å²) in [5.74, 6) is 0.332. The van der Waals surface area contributed by atoms with Crippen LogP contribution < -0.4 is 16.0 Å². The van der Waals surface area contributed by atoms with Crippen molar-refractivity contribution in [2.75, 3.05) is 25.5 Å². The maximum absolute atomic E-state index is 13.3. The number of halogens is 1. The van der Waals surface area contributed by atoms with Gasteiger partial charge in [-0.25, -0.2) is 9.59 Å². The fraction of sp³-hybridized carbons (Fsp3) is 0.410. The number of rotatable bonds is 13. The maximum atomic E-state index is 13.3. The third kappa shape index (κ3) is 9.91. The van der Waals surface area contributed by atoms with E-state index < -0.39 is 23.7 Å². The normalized spacial score (nSPS) is 13.6. The van der Waals surface area contributed by atoms with Crippen LogP contribution in [0.15, 0.2) is 47.5 Å². The summed E-state index contributed by atoms with van der Waals surface area (Å²) in [6, 6.07) is 11.9. The lowest BCUT2D eigenvalue weighted by atomic mass is 9.99. The summed E-state index contributed by atoms with van der Waals surface area (Å²) >= 11 is 7.86. The number of anilines is 1. The number of hydrogen-bond acceptors (Lipinski definition) is 10. The van der Waals surface area contributed by atoms with E-state index in [0.717, 1.165) is 32.3 Å². The summed E-state index contributed by atoms with van der Waals surface area (Å²) in [7, 11) is 1.31. The first-order valence-electron chi connectivity index (χ1n) is 17.8. The van der Waals surface area contributed by atoms with Gasteiger partial charge in [0.25, 0.3) is 0 Å². The number of nitrogens with one attached hydrogen (secondary N) is 3. The van der Waals surface area contributed by atoms with Crippen LogP contribution >= 0.6 is 22.9 Å². The first-order valence-corrected chi connectivity index (χ1v) is 19.0. The Bertz CT molecular complexity index is 2070. The number of carbonyl (C=O) groups is 4. The van der Waals surface area contributed by atoms with E-state index in [1.165, 1.54) is 7.11 Å². The van der Waals surface area contributed by atoms with Crippen LogP contribution in [0.25, 0.3) is 5.00 Å². The van der Waals surface area contributed by atoms with Crippen LogP contribution in [0.2, 0.25) is 5.02 Å². The molecular formula is C39H46ClN7O6S. The fourth-order valence-electron chi connectivity index (χ4n) is 6.05. The zero-order valence-corrected chi connectivity index (χ0v) is 33.2. The number of aryl methyl sites for hydroxylation is 3. The predicted octanol–water partition coefficient (Wildman–Crippen LogP) is 6.97. The Balaban J connectivity index is 1.18. The van der Waals surface area contributed by atoms with E-state index in [-0.39, 0.29) is 31.2 Å². The van der Waals surface area contributed by atoms with E-state index >= 15 is 0 Å². The highest BCUT2D eigenvalue weighted by atomic mass is 35.5. The zero-order valence-electron chi connectivity index (χ0n) is 31.6. The van der Waals surface area contributed by atoms with Gasteiger partial charge in [-0.2, -0.15) is 0 Å². The van der Waals surface area contributed by atoms with Crippen molar-refractivity contribution in [3.8, 4) is 5.00 Å². The van der Waals surface area contributed by atoms with Crippen LogP contribution in [0.4, 0.5) is 10.5 Å². The molecule has 0 aliphatic carbocycles. The summed E-state index contributed by atoms with van der Waals surface area (Å²) in [5, 5.41) is 18.9. The number of hydrogen-bond donors (Lipinski definition) is 3. The van der Waals surface area contributed by atoms with Gasteiger partial charge < -0.3 is 25.4 Å². The quantitative estimate of drug-likeness (QED) is 0.0968. The second kappa shape index (κ2) is 17.4. The molecule has 3 heterocycles. The topological polar surface area (TPSA) is 166 Å². The molecule has 3 amide bonds. The molecule has 1 atom stereocenters. The van der Waals surface area contributed by atoms with Crippen LogP contribution in [0, 0.1) is 20.8 Å². The Labute approximate surface area is 323 Å². The van der Waals surface area contributed by atoms with E-state index in [1.807, 2.05) is 35.8 Å². The van der Waals surface area contributed by atoms with Gasteiger partial charge in [0, 0.05) is 46.2 Å². The summed E-state index contributed by atoms with van der Waals surface area (Å²) in [5.41, 5.74) is 4.71. The number of fused-ring (bicyclic) bond motifs is 3. The maximum Gasteiger partial charge on any atom is 0.407 e. The van der Waals surface area contributed by atoms with Gasteiger partial charge in [-0.1, -0.05) is 23.7 Å². The molecule has 54 heavy (non-hydrogen) atoms. The van der Waals surface area contributed by atoms with Gasteiger partial charge in [-0.15, -0.1) is 21.5 Å². The lowest BCUT2D eigenvalue weighted by Gasteiger charge is -2.19. The molecule has 0 bridgehead atoms. The number of nitrogens with zero attached hydrogens (tertiary/aromatic N) is 4. The second-order valence-electron chi connectivity index (χ2n) is 14.0. The number of benzene rings is 2. The highest BCUT2D eigenvalue weighted by molar-refractivity contribution is 7.15. The van der Waals surface area contributed by atoms with Crippen molar-refractivity contribution in [2.45, 2.75) is 85.3 Å². The molecule has 0 radical (unpaired) electrons. The van der Waals surface area contributed by atoms with Crippen LogP contribution in [0.1, 0.15) is 102 Å². The molecule has 0 spiro atoms. The number of carbonyl (C=O) groups excluding carboxylic acids is 4. The minimum atomic E-state index is -0.607. The summed E-state index contributed by atoms with van der Waals surface area (Å²) in [6.45, 7) is 12.0. The minimum Gasteiger partial charge on any atom is -0.465 e. The Morgan fingerprint density at radius 3 is 2.37 bits per heavy atom. The fourth-order valence-corrected chi connectivity index (χ4v) is 7.39. The average molecular weight is 776 g/mol. The number of aromatic nitrogens is 3. The van der Waals surface area contributed by atoms with Crippen molar-refractivity contribution in [1.29, 1.82) is 0 Å². The van der Waals surface area contributed by atoms with Crippen molar-refractivity contribution >= 4 is 58.2 Å². The van der Waals surface area contributed by atoms with Gasteiger partial charge in [0.15, 0.2) is 5.82 Å². The standard InChI is InChI=1S/C39H46ClN7O6S/c1-22-23(2)54-36-33(22)34(25-12-14-27(40)15-13-25)44-30(35-46-45-24(3)47(35)36)21-32(49)41-18-9-11-31(48)43-28-16-17-29(37(50)52-7)26(20-28)10-8-19-42-38(51)53-39(4,5)6/h12-17,20,30H,8-11,18-19,21H2,1-7H3,(H,41,49)(H,42,51)(H,43,48)/t30-/m0/s1. The molecule has 1 aliphatic rings. The molecule has 0 saturated carbocycles. The van der Waals surface area contributed by atoms with Crippen LogP contribution in [0.5, 0.6) is 0 Å². The van der Waals surface area contributed by atoms with Gasteiger partial charge in [0.2, 0.25) is 11.8 Å². The molecule has 13 nitrogen and oxygen atoms in total. The van der Waals surface area contributed by atoms with Crippen molar-refractivity contribution < 1.29 is 28.7 Å². The summed E-state index contributed by atoms with van der Waals surface area (Å²) in [6.07, 6.45) is 1.05. The third-order valence-electron chi connectivity index (χ3n) is 8.72. The molecule has 4 aromatic rings. The van der Waals surface area contributed by atoms with Gasteiger partial charge >= 0.3 is 12.1 Å². The lowest BCUT2D eigenvalue weighted by molar-refractivity contribution is -0.122. The minimum absolute atomic E-state index is 0.0387. The van der Waals surface area contributed by atoms with Gasteiger partial charge in [0.1, 0.15) is 22.5 Å². The average Bonchev–Trinajstić information content (AvgIpc) is 3.59. The lowest BCUT2D eigenvalue weighted by Crippen LogP contribution is -2.33. The van der Waals surface area contributed by atoms with E-state index in [4.69, 9.17) is 26.1 Å². The van der Waals surface area contributed by atoms with Gasteiger partial charge in [-0.3, -0.25) is 19.1 Å². The monoisotopic (exact) mass is 775 g/mol. The van der Waals surface area contributed by atoms with Crippen molar-refractivity contribution in [1.82, 2.24) is 25.4 Å². The Morgan fingerprint density at radius 2 is 1.67 bits per heavy atom. The van der Waals surface area contributed by atoms with Crippen LogP contribution in [0.3, 0.4) is 0 Å². The smallest absolute Gasteiger partial charge is 0.407 e. The Hall–Kier alpha value is -5.08. The molecule has 1 aliphatic heterocycles. The van der Waals surface area contributed by atoms with Crippen molar-refractivity contribution in [2.24, 2.45) is 4.99 Å². The molecule has 3 N–H and O–H groups in total. The molecule has 286 valence electrons. The largest absolute Gasteiger partial charge is 0.465 e. The first-order chi connectivity index (χ1) is 25.6. The highest BCUT2D eigenvalue weighted by Crippen LogP contribution is 2.39. The molecule has 0 unspecified atom stereocenters. The van der Waals surface area contributed by atoms with E-state index in [1.54, 1.807) is 50.3 Å². The molecule has 0 fully saturated rings. The number of esters is 1. The number of alkyl carbamates (subject to hydrolysis) is 1. The second-order valence-corrected chi connectivity index (χ2v) is 15.6. The first kappa shape index (κ1) is 40.1. The molecule has 15 heteroatoms. The predicted molar refractivity (Wildman–Crippen MR) is 209 cm³/mol. The number of methoxy groups -OCH3 is 1. The molecule has 2 aromatic carbocycles. The molecule has 5 rings (SSSR count). The summed E-state index contributed by atoms with van der Waals surface area (Å²) < 4.78 is 12.2. The van der Waals surface area contributed by atoms with Gasteiger partial charge in [0.05, 0.1) is 24.8 Å². The Kier molecular flexibility index (Phi) is 12.9. The zero-order chi connectivity index (χ0) is 39.2. The molecule has 2 aromatic heterocycles. The number of aliphatic imine (C=N–C) groups is 1. The Morgan fingerprint density at radius 1 is 0.944 bits per heavy atom. The highest BCUT2D eigenvalue weighted by Gasteiger charge is 2.32. The molecular weight excluding hydrogens is 730 g/mol. The third-order valence-corrected chi connectivity index (χ3v) is 10.2. The SMILES string of the molecule is COC(=O)c1ccc(NC(=O)CCCNC(=O)C[C@@H]2N=C(c3ccc(Cl)cc3)c3c(sc(C)c3C)-n3c(C)nnc32)cc1CCCNC(=O)OC(C)(C)C. The molecule has 0 saturated heterocycles. The van der Waals surface area contributed by atoms with Crippen LogP contribution in [-0.4, -0.2) is 70.2 Å². The van der Waals surface area contributed by atoms with E-state index in [9.17, 15) is 19.2 Å². The van der Waals surface area contributed by atoms with Crippen LogP contribution in [-0.2, 0) is 25.5 Å². The number of amides is 3. The van der Waals surface area contributed by atoms with E-state index in [0.29, 0.717) is 59.3 Å². The van der Waals surface area contributed by atoms with Crippen molar-refractivity contribution in [3.63, 3.8) is 0 Å². The number of thiophene rings is 1. The van der Waals surface area contributed by atoms with Gasteiger partial charge in [-0.05, 0) is 102 Å². The van der Waals surface area contributed by atoms with E-state index in [2.05, 4.69) is 40.0 Å². The summed E-state index contributed by atoms with van der Waals surface area (Å²) in [4.78, 5) is 56.9. The van der Waals surface area contributed by atoms with Crippen molar-refractivity contribution in [3.05, 3.63) is 91.8 Å². The number of ether oxygens (including phenoxy) is 2.